The van der Waals surface area contributed by atoms with Crippen molar-refractivity contribution in [2.24, 2.45) is 0 Å². The van der Waals surface area contributed by atoms with E-state index in [9.17, 15) is 8.42 Å². The molecule has 0 N–H and O–H groups in total. The number of nitrogens with zero attached hydrogens (tertiary/aromatic N) is 3. The van der Waals surface area contributed by atoms with Gasteiger partial charge in [-0.15, -0.1) is 0 Å². The van der Waals surface area contributed by atoms with Gasteiger partial charge >= 0.3 is 0 Å². The molecule has 122 valence electrons. The second-order valence-electron chi connectivity index (χ2n) is 5.64. The zero-order chi connectivity index (χ0) is 16.7. The molecule has 0 fully saturated rings. The van der Waals surface area contributed by atoms with Crippen LogP contribution in [0.15, 0.2) is 53.8 Å². The summed E-state index contributed by atoms with van der Waals surface area (Å²) in [7, 11) is -3.75. The maximum atomic E-state index is 13.0. The van der Waals surface area contributed by atoms with Crippen molar-refractivity contribution in [2.75, 3.05) is 0 Å². The first-order chi connectivity index (χ1) is 11.6. The minimum absolute atomic E-state index is 0.212. The van der Waals surface area contributed by atoms with Crippen LogP contribution >= 0.6 is 11.6 Å². The molecule has 0 saturated heterocycles. The van der Waals surface area contributed by atoms with E-state index in [1.54, 1.807) is 36.5 Å². The molecular formula is C17H14ClN3O2S. The van der Waals surface area contributed by atoms with E-state index < -0.39 is 10.0 Å². The Balaban J connectivity index is 2.02. The van der Waals surface area contributed by atoms with Gasteiger partial charge in [-0.1, -0.05) is 35.9 Å². The fraction of sp³-hybridized carbons (Fsp3) is 0.176. The number of halogens is 1. The Hall–Kier alpha value is -2.18. The number of benzene rings is 1. The van der Waals surface area contributed by atoms with Gasteiger partial charge in [-0.3, -0.25) is 0 Å². The third kappa shape index (κ3) is 2.34. The summed E-state index contributed by atoms with van der Waals surface area (Å²) in [6, 6.07) is 8.30. The molecule has 1 aliphatic rings. The quantitative estimate of drug-likeness (QED) is 0.665. The fourth-order valence-corrected chi connectivity index (χ4v) is 4.61. The van der Waals surface area contributed by atoms with Crippen molar-refractivity contribution in [1.82, 2.24) is 13.9 Å². The molecule has 2 aromatic heterocycles. The third-order valence-electron chi connectivity index (χ3n) is 4.19. The summed E-state index contributed by atoms with van der Waals surface area (Å²) in [6.45, 7) is 0. The van der Waals surface area contributed by atoms with Crippen molar-refractivity contribution in [1.29, 1.82) is 0 Å². The smallest absolute Gasteiger partial charge is 0.224 e. The highest BCUT2D eigenvalue weighted by Crippen LogP contribution is 2.37. The first-order valence-electron chi connectivity index (χ1n) is 7.60. The zero-order valence-corrected chi connectivity index (χ0v) is 14.3. The van der Waals surface area contributed by atoms with Gasteiger partial charge in [-0.25, -0.2) is 22.4 Å². The number of aromatic nitrogens is 3. The van der Waals surface area contributed by atoms with Crippen LogP contribution in [0.3, 0.4) is 0 Å². The first-order valence-corrected chi connectivity index (χ1v) is 9.42. The molecule has 0 radical (unpaired) electrons. The summed E-state index contributed by atoms with van der Waals surface area (Å²) in [5.74, 6) is 0. The number of allylic oxidation sites excluding steroid dienone is 2. The molecule has 0 bridgehead atoms. The van der Waals surface area contributed by atoms with E-state index in [0.29, 0.717) is 11.0 Å². The summed E-state index contributed by atoms with van der Waals surface area (Å²) < 4.78 is 27.3. The Labute approximate surface area is 144 Å². The Kier molecular flexibility index (Phi) is 3.66. The molecule has 0 amide bonds. The zero-order valence-electron chi connectivity index (χ0n) is 12.7. The number of rotatable bonds is 3. The lowest BCUT2D eigenvalue weighted by atomic mass is 10.1. The van der Waals surface area contributed by atoms with Gasteiger partial charge in [0.1, 0.15) is 11.5 Å². The molecule has 0 aliphatic heterocycles. The minimum Gasteiger partial charge on any atom is -0.224 e. The maximum Gasteiger partial charge on any atom is 0.269 e. The monoisotopic (exact) mass is 359 g/mol. The topological polar surface area (TPSA) is 64.8 Å². The summed E-state index contributed by atoms with van der Waals surface area (Å²) in [5.41, 5.74) is 2.20. The van der Waals surface area contributed by atoms with Crippen LogP contribution in [-0.2, 0) is 10.0 Å². The van der Waals surface area contributed by atoms with E-state index in [0.717, 1.165) is 30.4 Å². The van der Waals surface area contributed by atoms with Gasteiger partial charge in [0, 0.05) is 11.8 Å². The van der Waals surface area contributed by atoms with Crippen molar-refractivity contribution in [3.8, 4) is 0 Å². The summed E-state index contributed by atoms with van der Waals surface area (Å²) >= 11 is 6.26. The van der Waals surface area contributed by atoms with Crippen LogP contribution in [0.1, 0.15) is 24.8 Å². The normalized spacial score (nSPS) is 15.0. The van der Waals surface area contributed by atoms with Crippen LogP contribution in [0.5, 0.6) is 0 Å². The lowest BCUT2D eigenvalue weighted by Gasteiger charge is -2.06. The molecule has 24 heavy (non-hydrogen) atoms. The summed E-state index contributed by atoms with van der Waals surface area (Å²) in [4.78, 5) is 8.42. The highest BCUT2D eigenvalue weighted by Gasteiger charge is 2.25. The van der Waals surface area contributed by atoms with Crippen LogP contribution in [0.2, 0.25) is 5.15 Å². The Morgan fingerprint density at radius 2 is 1.92 bits per heavy atom. The van der Waals surface area contributed by atoms with Crippen LogP contribution < -0.4 is 0 Å². The second kappa shape index (κ2) is 5.72. The van der Waals surface area contributed by atoms with Gasteiger partial charge < -0.3 is 0 Å². The average molecular weight is 360 g/mol. The van der Waals surface area contributed by atoms with E-state index in [4.69, 9.17) is 11.6 Å². The second-order valence-corrected chi connectivity index (χ2v) is 7.81. The van der Waals surface area contributed by atoms with Gasteiger partial charge in [0.2, 0.25) is 0 Å². The number of fused-ring (bicyclic) bond motifs is 1. The summed E-state index contributed by atoms with van der Waals surface area (Å²) in [6.07, 6.45) is 7.96. The molecule has 0 atom stereocenters. The third-order valence-corrected chi connectivity index (χ3v) is 6.14. The SMILES string of the molecule is O=S(=O)(c1ccccc1)n1cc(C2=CCCC2)c2c(Cl)ncnc21. The predicted molar refractivity (Wildman–Crippen MR) is 93.4 cm³/mol. The molecule has 0 saturated carbocycles. The van der Waals surface area contributed by atoms with Crippen molar-refractivity contribution in [3.63, 3.8) is 0 Å². The molecule has 4 rings (SSSR count). The van der Waals surface area contributed by atoms with Gasteiger partial charge in [-0.05, 0) is 37.0 Å². The van der Waals surface area contributed by atoms with Gasteiger partial charge in [0.15, 0.2) is 5.65 Å². The van der Waals surface area contributed by atoms with E-state index in [1.165, 1.54) is 10.3 Å². The minimum atomic E-state index is -3.75. The van der Waals surface area contributed by atoms with Crippen LogP contribution in [0.4, 0.5) is 0 Å². The Morgan fingerprint density at radius 1 is 1.12 bits per heavy atom. The molecule has 0 spiro atoms. The van der Waals surface area contributed by atoms with Gasteiger partial charge in [0.25, 0.3) is 10.0 Å². The lowest BCUT2D eigenvalue weighted by molar-refractivity contribution is 0.588. The first kappa shape index (κ1) is 15.4. The van der Waals surface area contributed by atoms with E-state index in [2.05, 4.69) is 16.0 Å². The van der Waals surface area contributed by atoms with Gasteiger partial charge in [-0.2, -0.15) is 0 Å². The van der Waals surface area contributed by atoms with Crippen LogP contribution in [0.25, 0.3) is 16.6 Å². The molecule has 3 aromatic rings. The van der Waals surface area contributed by atoms with Gasteiger partial charge in [0.05, 0.1) is 10.3 Å². The molecule has 2 heterocycles. The largest absolute Gasteiger partial charge is 0.269 e. The van der Waals surface area contributed by atoms with E-state index in [1.807, 2.05) is 0 Å². The molecule has 5 nitrogen and oxygen atoms in total. The molecule has 1 aromatic carbocycles. The van der Waals surface area contributed by atoms with E-state index >= 15 is 0 Å². The predicted octanol–water partition coefficient (Wildman–Crippen LogP) is 3.89. The molecule has 0 unspecified atom stereocenters. The Morgan fingerprint density at radius 3 is 2.62 bits per heavy atom. The standard InChI is InChI=1S/C17H14ClN3O2S/c18-16-15-14(12-6-4-5-7-12)10-21(17(15)20-11-19-16)24(22,23)13-8-2-1-3-9-13/h1-3,6,8-11H,4-5,7H2. The summed E-state index contributed by atoms with van der Waals surface area (Å²) in [5, 5.41) is 0.858. The van der Waals surface area contributed by atoms with Crippen LogP contribution in [0, 0.1) is 0 Å². The van der Waals surface area contributed by atoms with Crippen LogP contribution in [-0.4, -0.2) is 22.4 Å². The van der Waals surface area contributed by atoms with E-state index in [-0.39, 0.29) is 10.0 Å². The maximum absolute atomic E-state index is 13.0. The number of hydrogen-bond donors (Lipinski definition) is 0. The average Bonchev–Trinajstić information content (AvgIpc) is 3.23. The van der Waals surface area contributed by atoms with Crippen molar-refractivity contribution in [2.45, 2.75) is 24.2 Å². The molecular weight excluding hydrogens is 346 g/mol. The molecule has 7 heteroatoms. The number of hydrogen-bond acceptors (Lipinski definition) is 4. The van der Waals surface area contributed by atoms with Crippen molar-refractivity contribution >= 4 is 38.2 Å². The highest BCUT2D eigenvalue weighted by molar-refractivity contribution is 7.90. The molecule has 1 aliphatic carbocycles. The van der Waals surface area contributed by atoms with Crippen molar-refractivity contribution < 1.29 is 8.42 Å². The van der Waals surface area contributed by atoms with Crippen molar-refractivity contribution in [3.05, 3.63) is 59.6 Å². The highest BCUT2D eigenvalue weighted by atomic mass is 35.5. The lowest BCUT2D eigenvalue weighted by Crippen LogP contribution is -2.12. The fourth-order valence-electron chi connectivity index (χ4n) is 3.05. The Bertz CT molecular complexity index is 1060.